The lowest BCUT2D eigenvalue weighted by molar-refractivity contribution is 0.151. The summed E-state index contributed by atoms with van der Waals surface area (Å²) in [7, 11) is 1.65. The number of hydrogen-bond donors (Lipinski definition) is 0. The van der Waals surface area contributed by atoms with Gasteiger partial charge in [0.2, 0.25) is 0 Å². The molecule has 1 aliphatic heterocycles. The number of ether oxygens (including phenoxy) is 2. The third kappa shape index (κ3) is 3.86. The van der Waals surface area contributed by atoms with E-state index in [2.05, 4.69) is 25.8 Å². The van der Waals surface area contributed by atoms with Crippen LogP contribution >= 0.6 is 11.6 Å². The molecule has 0 radical (unpaired) electrons. The molecule has 0 amide bonds. The van der Waals surface area contributed by atoms with Gasteiger partial charge in [-0.05, 0) is 34.6 Å². The molecule has 140 valence electrons. The first kappa shape index (κ1) is 19.1. The Morgan fingerprint density at radius 3 is 2.77 bits per heavy atom. The Morgan fingerprint density at radius 1 is 1.31 bits per heavy atom. The number of halogens is 2. The van der Waals surface area contributed by atoms with Gasteiger partial charge in [-0.25, -0.2) is 4.39 Å². The quantitative estimate of drug-likeness (QED) is 0.729. The van der Waals surface area contributed by atoms with Crippen LogP contribution in [0.2, 0.25) is 5.02 Å². The van der Waals surface area contributed by atoms with Crippen molar-refractivity contribution in [2.75, 3.05) is 20.3 Å². The van der Waals surface area contributed by atoms with Gasteiger partial charge in [0, 0.05) is 18.5 Å². The van der Waals surface area contributed by atoms with E-state index in [9.17, 15) is 4.39 Å². The third-order valence-corrected chi connectivity index (χ3v) is 5.42. The van der Waals surface area contributed by atoms with Crippen molar-refractivity contribution in [3.63, 3.8) is 0 Å². The molecule has 5 heteroatoms. The number of methoxy groups -OCH3 is 1. The summed E-state index contributed by atoms with van der Waals surface area (Å²) in [5.74, 6) is 0.922. The molecule has 0 aliphatic carbocycles. The van der Waals surface area contributed by atoms with Crippen molar-refractivity contribution in [2.24, 2.45) is 11.3 Å². The van der Waals surface area contributed by atoms with Crippen LogP contribution in [0, 0.1) is 17.2 Å². The van der Waals surface area contributed by atoms with E-state index in [0.717, 1.165) is 23.6 Å². The first-order valence-corrected chi connectivity index (χ1v) is 9.22. The van der Waals surface area contributed by atoms with Crippen LogP contribution in [0.5, 0.6) is 5.75 Å². The highest BCUT2D eigenvalue weighted by atomic mass is 35.5. The Morgan fingerprint density at radius 2 is 2.08 bits per heavy atom. The highest BCUT2D eigenvalue weighted by Gasteiger charge is 2.39. The second-order valence-electron chi connectivity index (χ2n) is 7.94. The molecule has 3 rings (SSSR count). The molecule has 2 atom stereocenters. The van der Waals surface area contributed by atoms with Crippen molar-refractivity contribution in [3.05, 3.63) is 58.1 Å². The zero-order chi connectivity index (χ0) is 18.9. The molecule has 3 nitrogen and oxygen atoms in total. The van der Waals surface area contributed by atoms with Gasteiger partial charge in [0.15, 0.2) is 0 Å². The molecule has 2 aromatic rings. The van der Waals surface area contributed by atoms with Crippen molar-refractivity contribution in [1.82, 2.24) is 4.98 Å². The Labute approximate surface area is 159 Å². The maximum atomic E-state index is 14.2. The zero-order valence-electron chi connectivity index (χ0n) is 15.7. The van der Waals surface area contributed by atoms with E-state index in [1.807, 2.05) is 6.07 Å². The molecule has 1 unspecified atom stereocenters. The number of pyridine rings is 1. The Kier molecular flexibility index (Phi) is 5.54. The van der Waals surface area contributed by atoms with Crippen LogP contribution in [-0.4, -0.2) is 25.3 Å². The summed E-state index contributed by atoms with van der Waals surface area (Å²) in [5.41, 5.74) is 2.47. The molecule has 0 bridgehead atoms. The van der Waals surface area contributed by atoms with Gasteiger partial charge in [-0.15, -0.1) is 0 Å². The minimum atomic E-state index is -0.380. The average Bonchev–Trinajstić information content (AvgIpc) is 3.09. The fourth-order valence-electron chi connectivity index (χ4n) is 3.62. The summed E-state index contributed by atoms with van der Waals surface area (Å²) in [4.78, 5) is 4.68. The van der Waals surface area contributed by atoms with Crippen LogP contribution in [0.4, 0.5) is 4.39 Å². The fourth-order valence-corrected chi connectivity index (χ4v) is 3.81. The van der Waals surface area contributed by atoms with E-state index in [1.54, 1.807) is 31.5 Å². The molecule has 1 aromatic carbocycles. The van der Waals surface area contributed by atoms with E-state index >= 15 is 0 Å². The lowest BCUT2D eigenvalue weighted by atomic mass is 9.73. The summed E-state index contributed by atoms with van der Waals surface area (Å²) in [5, 5.41) is 0.134. The van der Waals surface area contributed by atoms with Gasteiger partial charge >= 0.3 is 0 Å². The summed E-state index contributed by atoms with van der Waals surface area (Å²) < 4.78 is 25.5. The van der Waals surface area contributed by atoms with Crippen molar-refractivity contribution in [3.8, 4) is 5.75 Å². The zero-order valence-corrected chi connectivity index (χ0v) is 16.4. The molecule has 1 aromatic heterocycles. The van der Waals surface area contributed by atoms with Crippen molar-refractivity contribution in [1.29, 1.82) is 0 Å². The SMILES string of the molecule is COc1cc(Cc2cccc(Cl)c2F)cnc1C1COC[C@@H]1C(C)(C)C. The molecule has 0 N–H and O–H groups in total. The van der Waals surface area contributed by atoms with Gasteiger partial charge < -0.3 is 9.47 Å². The van der Waals surface area contributed by atoms with E-state index < -0.39 is 0 Å². The number of aromatic nitrogens is 1. The molecule has 1 fully saturated rings. The number of nitrogens with zero attached hydrogens (tertiary/aromatic N) is 1. The van der Waals surface area contributed by atoms with Gasteiger partial charge in [-0.3, -0.25) is 4.98 Å². The lowest BCUT2D eigenvalue weighted by Crippen LogP contribution is -2.26. The summed E-state index contributed by atoms with van der Waals surface area (Å²) in [6.07, 6.45) is 2.22. The van der Waals surface area contributed by atoms with Crippen LogP contribution in [0.25, 0.3) is 0 Å². The third-order valence-electron chi connectivity index (χ3n) is 5.13. The predicted octanol–water partition coefficient (Wildman–Crippen LogP) is 5.25. The van der Waals surface area contributed by atoms with Crippen LogP contribution in [0.3, 0.4) is 0 Å². The second kappa shape index (κ2) is 7.53. The van der Waals surface area contributed by atoms with Gasteiger partial charge in [0.05, 0.1) is 31.0 Å². The molecular formula is C21H25ClFNO2. The standard InChI is InChI=1S/C21H25ClFNO2/c1-21(2,3)16-12-26-11-15(16)20-18(25-4)9-13(10-24-20)8-14-6-5-7-17(22)19(14)23/h5-7,9-10,15-16H,8,11-12H2,1-4H3/t15?,16-/m0/s1. The molecule has 1 aliphatic rings. The van der Waals surface area contributed by atoms with Crippen molar-refractivity contribution in [2.45, 2.75) is 33.1 Å². The minimum Gasteiger partial charge on any atom is -0.495 e. The van der Waals surface area contributed by atoms with Crippen LogP contribution in [-0.2, 0) is 11.2 Å². The minimum absolute atomic E-state index is 0.121. The smallest absolute Gasteiger partial charge is 0.145 e. The topological polar surface area (TPSA) is 31.4 Å². The van der Waals surface area contributed by atoms with Gasteiger partial charge in [-0.2, -0.15) is 0 Å². The Balaban J connectivity index is 1.90. The largest absolute Gasteiger partial charge is 0.495 e. The fraction of sp³-hybridized carbons (Fsp3) is 0.476. The van der Waals surface area contributed by atoms with Gasteiger partial charge in [0.25, 0.3) is 0 Å². The second-order valence-corrected chi connectivity index (χ2v) is 8.34. The summed E-state index contributed by atoms with van der Waals surface area (Å²) in [6.45, 7) is 8.05. The van der Waals surface area contributed by atoms with Gasteiger partial charge in [-0.1, -0.05) is 44.5 Å². The highest BCUT2D eigenvalue weighted by molar-refractivity contribution is 6.30. The average molecular weight is 378 g/mol. The highest BCUT2D eigenvalue weighted by Crippen LogP contribution is 2.44. The predicted molar refractivity (Wildman–Crippen MR) is 102 cm³/mol. The Bertz CT molecular complexity index is 788. The number of benzene rings is 1. The molecular weight excluding hydrogens is 353 g/mol. The van der Waals surface area contributed by atoms with E-state index in [4.69, 9.17) is 21.1 Å². The molecule has 1 saturated heterocycles. The maximum Gasteiger partial charge on any atom is 0.145 e. The first-order chi connectivity index (χ1) is 12.3. The number of rotatable bonds is 4. The van der Waals surface area contributed by atoms with Crippen molar-refractivity contribution >= 4 is 11.6 Å². The van der Waals surface area contributed by atoms with Gasteiger partial charge in [0.1, 0.15) is 11.6 Å². The van der Waals surface area contributed by atoms with E-state index in [0.29, 0.717) is 24.5 Å². The Hall–Kier alpha value is -1.65. The molecule has 2 heterocycles. The van der Waals surface area contributed by atoms with Crippen molar-refractivity contribution < 1.29 is 13.9 Å². The maximum absolute atomic E-state index is 14.2. The van der Waals surface area contributed by atoms with E-state index in [1.165, 1.54) is 0 Å². The monoisotopic (exact) mass is 377 g/mol. The van der Waals surface area contributed by atoms with Crippen LogP contribution in [0.1, 0.15) is 43.5 Å². The first-order valence-electron chi connectivity index (χ1n) is 8.84. The van der Waals surface area contributed by atoms with Crippen LogP contribution < -0.4 is 4.74 Å². The molecule has 0 saturated carbocycles. The van der Waals surface area contributed by atoms with Crippen LogP contribution in [0.15, 0.2) is 30.5 Å². The van der Waals surface area contributed by atoms with E-state index in [-0.39, 0.29) is 22.2 Å². The molecule has 0 spiro atoms. The lowest BCUT2D eigenvalue weighted by Gasteiger charge is -2.31. The summed E-state index contributed by atoms with van der Waals surface area (Å²) >= 11 is 5.88. The number of hydrogen-bond acceptors (Lipinski definition) is 3. The summed E-state index contributed by atoms with van der Waals surface area (Å²) in [6, 6.07) is 6.99. The normalized spacial score (nSPS) is 20.4. The molecule has 26 heavy (non-hydrogen) atoms.